The number of carbonyl (C=O) groups excluding carboxylic acids is 1. The summed E-state index contributed by atoms with van der Waals surface area (Å²) >= 11 is 0. The largest absolute Gasteiger partial charge is 0.477 e. The number of hydrogen-bond acceptors (Lipinski definition) is 4. The van der Waals surface area contributed by atoms with Crippen molar-refractivity contribution in [3.05, 3.63) is 17.5 Å². The van der Waals surface area contributed by atoms with Gasteiger partial charge in [0.1, 0.15) is 11.3 Å². The summed E-state index contributed by atoms with van der Waals surface area (Å²) in [4.78, 5) is 24.9. The van der Waals surface area contributed by atoms with Gasteiger partial charge in [-0.2, -0.15) is 5.10 Å². The summed E-state index contributed by atoms with van der Waals surface area (Å²) in [6.07, 6.45) is 1.23. The minimum absolute atomic E-state index is 0.112. The number of likely N-dealkylation sites (tertiary alicyclic amines) is 1. The Morgan fingerprint density at radius 1 is 1.43 bits per heavy atom. The highest BCUT2D eigenvalue weighted by molar-refractivity contribution is 5.85. The molecule has 7 nitrogen and oxygen atoms in total. The highest BCUT2D eigenvalue weighted by atomic mass is 16.6. The fourth-order valence-corrected chi connectivity index (χ4v) is 2.47. The molecule has 0 aromatic carbocycles. The van der Waals surface area contributed by atoms with Crippen LogP contribution in [0.1, 0.15) is 55.8 Å². The molecule has 0 radical (unpaired) electrons. The maximum atomic E-state index is 12.2. The molecular weight excluding hydrogens is 274 g/mol. The molecule has 1 aromatic rings. The Hall–Kier alpha value is -2.05. The van der Waals surface area contributed by atoms with Gasteiger partial charge in [0.2, 0.25) is 0 Å². The van der Waals surface area contributed by atoms with Crippen molar-refractivity contribution >= 4 is 12.1 Å². The van der Waals surface area contributed by atoms with Gasteiger partial charge in [0, 0.05) is 13.6 Å². The van der Waals surface area contributed by atoms with Gasteiger partial charge in [0.25, 0.3) is 0 Å². The third kappa shape index (κ3) is 3.34. The minimum atomic E-state index is -1.03. The molecule has 0 aliphatic carbocycles. The molecule has 1 aromatic heterocycles. The number of amides is 1. The van der Waals surface area contributed by atoms with Crippen LogP contribution in [-0.2, 0) is 11.8 Å². The Balaban J connectivity index is 2.21. The molecule has 1 fully saturated rings. The van der Waals surface area contributed by atoms with E-state index in [1.54, 1.807) is 11.9 Å². The number of rotatable bonds is 2. The van der Waals surface area contributed by atoms with Gasteiger partial charge >= 0.3 is 12.1 Å². The van der Waals surface area contributed by atoms with Gasteiger partial charge in [0.15, 0.2) is 0 Å². The van der Waals surface area contributed by atoms with Crippen molar-refractivity contribution in [1.29, 1.82) is 0 Å². The Labute approximate surface area is 123 Å². The molecule has 1 aliphatic rings. The van der Waals surface area contributed by atoms with Gasteiger partial charge < -0.3 is 9.84 Å². The summed E-state index contributed by atoms with van der Waals surface area (Å²) in [5, 5.41) is 13.3. The van der Waals surface area contributed by atoms with E-state index in [4.69, 9.17) is 9.84 Å². The monoisotopic (exact) mass is 295 g/mol. The van der Waals surface area contributed by atoms with Gasteiger partial charge in [-0.1, -0.05) is 0 Å². The number of hydrogen-bond donors (Lipinski definition) is 1. The Morgan fingerprint density at radius 2 is 2.10 bits per heavy atom. The standard InChI is InChI=1S/C14H21N3O4/c1-14(2,3)21-13(20)17-7-5-6-10(17)9-8-11(12(18)19)16(4)15-9/h8,10H,5-7H2,1-4H3,(H,18,19). The van der Waals surface area contributed by atoms with Gasteiger partial charge in [-0.3, -0.25) is 9.58 Å². The summed E-state index contributed by atoms with van der Waals surface area (Å²) in [5.74, 6) is -1.03. The zero-order valence-electron chi connectivity index (χ0n) is 12.8. The highest BCUT2D eigenvalue weighted by Crippen LogP contribution is 2.32. The molecule has 1 atom stereocenters. The fourth-order valence-electron chi connectivity index (χ4n) is 2.47. The second-order valence-electron chi connectivity index (χ2n) is 6.21. The van der Waals surface area contributed by atoms with Crippen molar-refractivity contribution in [1.82, 2.24) is 14.7 Å². The maximum Gasteiger partial charge on any atom is 0.410 e. The van der Waals surface area contributed by atoms with Crippen LogP contribution in [0.2, 0.25) is 0 Å². The Morgan fingerprint density at radius 3 is 2.62 bits per heavy atom. The molecule has 1 N–H and O–H groups in total. The Bertz CT molecular complexity index is 559. The molecule has 116 valence electrons. The second kappa shape index (κ2) is 5.38. The molecule has 0 spiro atoms. The van der Waals surface area contributed by atoms with E-state index in [9.17, 15) is 9.59 Å². The molecule has 7 heteroatoms. The first kappa shape index (κ1) is 15.3. The molecule has 2 heterocycles. The van der Waals surface area contributed by atoms with Crippen LogP contribution in [0.3, 0.4) is 0 Å². The van der Waals surface area contributed by atoms with Crippen molar-refractivity contribution < 1.29 is 19.4 Å². The number of aryl methyl sites for hydroxylation is 1. The number of aromatic carboxylic acids is 1. The highest BCUT2D eigenvalue weighted by Gasteiger charge is 2.35. The lowest BCUT2D eigenvalue weighted by Gasteiger charge is -2.27. The summed E-state index contributed by atoms with van der Waals surface area (Å²) in [6.45, 7) is 6.05. The second-order valence-corrected chi connectivity index (χ2v) is 6.21. The van der Waals surface area contributed by atoms with Gasteiger partial charge in [-0.15, -0.1) is 0 Å². The average molecular weight is 295 g/mol. The minimum Gasteiger partial charge on any atom is -0.477 e. The number of carboxylic acids is 1. The van der Waals surface area contributed by atoms with E-state index < -0.39 is 11.6 Å². The zero-order chi connectivity index (χ0) is 15.8. The van der Waals surface area contributed by atoms with Crippen LogP contribution in [0.5, 0.6) is 0 Å². The molecule has 1 aliphatic heterocycles. The zero-order valence-corrected chi connectivity index (χ0v) is 12.8. The number of carbonyl (C=O) groups is 2. The van der Waals surface area contributed by atoms with E-state index in [-0.39, 0.29) is 17.8 Å². The normalized spacial score (nSPS) is 18.9. The van der Waals surface area contributed by atoms with Crippen LogP contribution < -0.4 is 0 Å². The third-order valence-corrected chi connectivity index (χ3v) is 3.34. The van der Waals surface area contributed by atoms with Crippen molar-refractivity contribution in [2.75, 3.05) is 6.54 Å². The van der Waals surface area contributed by atoms with Crippen LogP contribution >= 0.6 is 0 Å². The first-order valence-corrected chi connectivity index (χ1v) is 6.96. The molecule has 1 amide bonds. The van der Waals surface area contributed by atoms with Crippen molar-refractivity contribution in [2.45, 2.75) is 45.3 Å². The van der Waals surface area contributed by atoms with Crippen LogP contribution in [-0.4, -0.2) is 44.0 Å². The van der Waals surface area contributed by atoms with Crippen molar-refractivity contribution in [3.63, 3.8) is 0 Å². The molecule has 2 rings (SSSR count). The van der Waals surface area contributed by atoms with Gasteiger partial charge in [-0.25, -0.2) is 9.59 Å². The summed E-state index contributed by atoms with van der Waals surface area (Å²) < 4.78 is 6.72. The van der Waals surface area contributed by atoms with E-state index in [0.717, 1.165) is 12.8 Å². The predicted molar refractivity (Wildman–Crippen MR) is 75.1 cm³/mol. The van der Waals surface area contributed by atoms with Crippen LogP contribution in [0.15, 0.2) is 6.07 Å². The summed E-state index contributed by atoms with van der Waals surface area (Å²) in [7, 11) is 1.58. The number of ether oxygens (including phenoxy) is 1. The lowest BCUT2D eigenvalue weighted by atomic mass is 10.1. The topological polar surface area (TPSA) is 84.7 Å². The van der Waals surface area contributed by atoms with E-state index in [2.05, 4.69) is 5.10 Å². The van der Waals surface area contributed by atoms with Crippen molar-refractivity contribution in [3.8, 4) is 0 Å². The first-order valence-electron chi connectivity index (χ1n) is 6.96. The number of aromatic nitrogens is 2. The van der Waals surface area contributed by atoms with E-state index >= 15 is 0 Å². The van der Waals surface area contributed by atoms with Crippen LogP contribution in [0.25, 0.3) is 0 Å². The average Bonchev–Trinajstić information content (AvgIpc) is 2.91. The molecule has 1 saturated heterocycles. The maximum absolute atomic E-state index is 12.2. The van der Waals surface area contributed by atoms with Gasteiger partial charge in [-0.05, 0) is 39.7 Å². The number of nitrogens with zero attached hydrogens (tertiary/aromatic N) is 3. The van der Waals surface area contributed by atoms with E-state index in [1.165, 1.54) is 10.7 Å². The van der Waals surface area contributed by atoms with Gasteiger partial charge in [0.05, 0.1) is 11.7 Å². The summed E-state index contributed by atoms with van der Waals surface area (Å²) in [5.41, 5.74) is 0.153. The number of carboxylic acid groups (broad SMARTS) is 1. The van der Waals surface area contributed by atoms with E-state index in [0.29, 0.717) is 12.2 Å². The SMILES string of the molecule is Cn1nc(C2CCCN2C(=O)OC(C)(C)C)cc1C(=O)O. The molecule has 0 bridgehead atoms. The first-order chi connectivity index (χ1) is 9.69. The smallest absolute Gasteiger partial charge is 0.410 e. The fraction of sp³-hybridized carbons (Fsp3) is 0.643. The van der Waals surface area contributed by atoms with Crippen LogP contribution in [0, 0.1) is 0 Å². The molecule has 21 heavy (non-hydrogen) atoms. The third-order valence-electron chi connectivity index (χ3n) is 3.34. The molecule has 1 unspecified atom stereocenters. The van der Waals surface area contributed by atoms with E-state index in [1.807, 2.05) is 20.8 Å². The lowest BCUT2D eigenvalue weighted by molar-refractivity contribution is 0.0221. The summed E-state index contributed by atoms with van der Waals surface area (Å²) in [6, 6.07) is 1.30. The van der Waals surface area contributed by atoms with Crippen LogP contribution in [0.4, 0.5) is 4.79 Å². The van der Waals surface area contributed by atoms with Crippen molar-refractivity contribution in [2.24, 2.45) is 7.05 Å². The molecular formula is C14H21N3O4. The predicted octanol–water partition coefficient (Wildman–Crippen LogP) is 2.19. The molecule has 0 saturated carbocycles. The Kier molecular flexibility index (Phi) is 3.93. The lowest BCUT2D eigenvalue weighted by Crippen LogP contribution is -2.36. The quantitative estimate of drug-likeness (QED) is 0.904.